The third kappa shape index (κ3) is 15.6. The van der Waals surface area contributed by atoms with E-state index in [1.54, 1.807) is 0 Å². The number of sulfone groups is 1. The first kappa shape index (κ1) is 25.6. The number of hydrogen-bond acceptors (Lipinski definition) is 6. The number of alkyl halides is 3. The molecule has 0 spiro atoms. The molecule has 0 aromatic carbocycles. The Hall–Kier alpha value is -1.66. The molecule has 0 fully saturated rings. The van der Waals surface area contributed by atoms with Crippen molar-refractivity contribution < 1.29 is 41.4 Å². The van der Waals surface area contributed by atoms with Crippen LogP contribution in [0.2, 0.25) is 0 Å². The molecule has 12 heteroatoms. The summed E-state index contributed by atoms with van der Waals surface area (Å²) in [6, 6.07) is -1.41. The summed E-state index contributed by atoms with van der Waals surface area (Å²) in [5, 5.41) is 19.5. The van der Waals surface area contributed by atoms with Gasteiger partial charge in [-0.15, -0.1) is 0 Å². The predicted molar refractivity (Wildman–Crippen MR) is 84.1 cm³/mol. The van der Waals surface area contributed by atoms with Crippen molar-refractivity contribution in [2.45, 2.75) is 38.5 Å². The zero-order valence-electron chi connectivity index (χ0n) is 13.9. The van der Waals surface area contributed by atoms with Gasteiger partial charge in [-0.25, -0.2) is 13.2 Å². The molecule has 0 aliphatic carbocycles. The zero-order valence-corrected chi connectivity index (χ0v) is 14.8. The van der Waals surface area contributed by atoms with Crippen LogP contribution in [0.1, 0.15) is 20.3 Å². The molecule has 0 rings (SSSR count). The van der Waals surface area contributed by atoms with Crippen LogP contribution in [0.15, 0.2) is 11.5 Å². The van der Waals surface area contributed by atoms with E-state index < -0.39 is 46.6 Å². The van der Waals surface area contributed by atoms with Crippen molar-refractivity contribution in [3.8, 4) is 0 Å². The van der Waals surface area contributed by atoms with Gasteiger partial charge in [0.2, 0.25) is 5.91 Å². The van der Waals surface area contributed by atoms with Gasteiger partial charge in [-0.05, 0) is 12.3 Å². The molecule has 0 aliphatic heterocycles. The van der Waals surface area contributed by atoms with Crippen LogP contribution in [0.4, 0.5) is 13.2 Å². The lowest BCUT2D eigenvalue weighted by atomic mass is 10.0. The SMILES string of the molecule is CC(C)C[C@@H](/C=C/S(C)(=O)=O)NC(=O)[C@@H](N)CO.O=C(O)C(F)(F)F. The monoisotopic (exact) mass is 392 g/mol. The summed E-state index contributed by atoms with van der Waals surface area (Å²) < 4.78 is 53.8. The molecular formula is C13H23F3N2O6S. The summed E-state index contributed by atoms with van der Waals surface area (Å²) in [4.78, 5) is 20.4. The van der Waals surface area contributed by atoms with Crippen LogP contribution in [-0.2, 0) is 19.4 Å². The highest BCUT2D eigenvalue weighted by Gasteiger charge is 2.38. The van der Waals surface area contributed by atoms with Gasteiger partial charge in [-0.3, -0.25) is 4.79 Å². The smallest absolute Gasteiger partial charge is 0.475 e. The van der Waals surface area contributed by atoms with Crippen LogP contribution in [-0.4, -0.2) is 61.6 Å². The Labute approximate surface area is 143 Å². The first-order chi connectivity index (χ1) is 11.1. The lowest BCUT2D eigenvalue weighted by Gasteiger charge is -2.19. The number of carbonyl (C=O) groups is 2. The number of aliphatic carboxylic acids is 1. The molecule has 0 aromatic heterocycles. The molecule has 0 radical (unpaired) electrons. The summed E-state index contributed by atoms with van der Waals surface area (Å²) in [5.74, 6) is -2.97. The van der Waals surface area contributed by atoms with E-state index >= 15 is 0 Å². The Morgan fingerprint density at radius 1 is 1.28 bits per heavy atom. The molecular weight excluding hydrogens is 369 g/mol. The van der Waals surface area contributed by atoms with E-state index in [1.807, 2.05) is 13.8 Å². The average Bonchev–Trinajstić information content (AvgIpc) is 2.42. The lowest BCUT2D eigenvalue weighted by molar-refractivity contribution is -0.192. The summed E-state index contributed by atoms with van der Waals surface area (Å²) in [6.45, 7) is 3.47. The van der Waals surface area contributed by atoms with E-state index in [0.717, 1.165) is 11.7 Å². The number of halogens is 3. The van der Waals surface area contributed by atoms with Crippen LogP contribution in [0.25, 0.3) is 0 Å². The van der Waals surface area contributed by atoms with Crippen LogP contribution in [0.3, 0.4) is 0 Å². The predicted octanol–water partition coefficient (Wildman–Crippen LogP) is 0.0285. The molecule has 0 aromatic rings. The molecule has 2 atom stereocenters. The number of amides is 1. The van der Waals surface area contributed by atoms with Crippen LogP contribution in [0, 0.1) is 5.92 Å². The van der Waals surface area contributed by atoms with Crippen LogP contribution in [0.5, 0.6) is 0 Å². The van der Waals surface area contributed by atoms with Crippen LogP contribution >= 0.6 is 0 Å². The maximum atomic E-state index is 11.5. The second kappa shape index (κ2) is 11.1. The van der Waals surface area contributed by atoms with Crippen molar-refractivity contribution in [1.29, 1.82) is 0 Å². The number of nitrogens with one attached hydrogen (secondary N) is 1. The van der Waals surface area contributed by atoms with Crippen LogP contribution < -0.4 is 11.1 Å². The Bertz CT molecular complexity index is 561. The molecule has 0 unspecified atom stereocenters. The van der Waals surface area contributed by atoms with Crippen molar-refractivity contribution in [1.82, 2.24) is 5.32 Å². The molecule has 0 heterocycles. The lowest BCUT2D eigenvalue weighted by Crippen LogP contribution is -2.47. The van der Waals surface area contributed by atoms with Gasteiger partial charge in [0.15, 0.2) is 9.84 Å². The maximum absolute atomic E-state index is 11.5. The van der Waals surface area contributed by atoms with E-state index in [1.165, 1.54) is 6.08 Å². The highest BCUT2D eigenvalue weighted by atomic mass is 32.2. The normalized spacial score (nSPS) is 14.6. The van der Waals surface area contributed by atoms with Gasteiger partial charge < -0.3 is 21.3 Å². The molecule has 25 heavy (non-hydrogen) atoms. The molecule has 0 saturated heterocycles. The third-order valence-corrected chi connectivity index (χ3v) is 3.04. The minimum absolute atomic E-state index is 0.282. The maximum Gasteiger partial charge on any atom is 0.490 e. The number of hydrogen-bond donors (Lipinski definition) is 4. The van der Waals surface area contributed by atoms with E-state index in [4.69, 9.17) is 20.7 Å². The number of carbonyl (C=O) groups excluding carboxylic acids is 1. The fourth-order valence-electron chi connectivity index (χ4n) is 1.30. The summed E-state index contributed by atoms with van der Waals surface area (Å²) in [5.41, 5.74) is 5.37. The van der Waals surface area contributed by atoms with Gasteiger partial charge >= 0.3 is 12.1 Å². The molecule has 0 bridgehead atoms. The number of nitrogens with two attached hydrogens (primary N) is 1. The minimum Gasteiger partial charge on any atom is -0.475 e. The zero-order chi connectivity index (χ0) is 20.4. The molecule has 0 saturated carbocycles. The summed E-state index contributed by atoms with van der Waals surface area (Å²) >= 11 is 0. The first-order valence-corrected chi connectivity index (χ1v) is 8.90. The van der Waals surface area contributed by atoms with Crippen molar-refractivity contribution in [3.63, 3.8) is 0 Å². The number of aliphatic hydroxyl groups excluding tert-OH is 1. The van der Waals surface area contributed by atoms with Crippen molar-refractivity contribution >= 4 is 21.7 Å². The van der Waals surface area contributed by atoms with Crippen molar-refractivity contribution in [2.24, 2.45) is 11.7 Å². The summed E-state index contributed by atoms with van der Waals surface area (Å²) in [6.07, 6.45) is -1.98. The van der Waals surface area contributed by atoms with E-state index in [9.17, 15) is 26.4 Å². The topological polar surface area (TPSA) is 147 Å². The molecule has 1 amide bonds. The molecule has 0 aliphatic rings. The second-order valence-corrected chi connectivity index (χ2v) is 7.43. The molecule has 5 N–H and O–H groups in total. The number of aliphatic hydroxyl groups is 1. The quantitative estimate of drug-likeness (QED) is 0.478. The van der Waals surface area contributed by atoms with Gasteiger partial charge in [0.25, 0.3) is 0 Å². The van der Waals surface area contributed by atoms with E-state index in [2.05, 4.69) is 5.32 Å². The van der Waals surface area contributed by atoms with Gasteiger partial charge in [0.1, 0.15) is 6.04 Å². The molecule has 8 nitrogen and oxygen atoms in total. The van der Waals surface area contributed by atoms with Gasteiger partial charge in [0.05, 0.1) is 6.61 Å². The Kier molecular flexibility index (Phi) is 11.3. The first-order valence-electron chi connectivity index (χ1n) is 6.95. The standard InChI is InChI=1S/C11H22N2O4S.C2HF3O2/c1-8(2)6-9(4-5-18(3,16)17)13-11(15)10(12)7-14;3-2(4,5)1(6)7/h4-5,8-10,14H,6-7,12H2,1-3H3,(H,13,15);(H,6,7)/b5-4+;/t9-,10+;/m1./s1. The second-order valence-electron chi connectivity index (χ2n) is 5.49. The fourth-order valence-corrected chi connectivity index (χ4v) is 1.78. The van der Waals surface area contributed by atoms with E-state index in [-0.39, 0.29) is 5.92 Å². The number of rotatable bonds is 7. The third-order valence-electron chi connectivity index (χ3n) is 2.39. The average molecular weight is 392 g/mol. The highest BCUT2D eigenvalue weighted by molar-refractivity contribution is 7.93. The molecule has 148 valence electrons. The Morgan fingerprint density at radius 3 is 2.00 bits per heavy atom. The van der Waals surface area contributed by atoms with E-state index in [0.29, 0.717) is 6.42 Å². The Morgan fingerprint density at radius 2 is 1.72 bits per heavy atom. The van der Waals surface area contributed by atoms with Gasteiger partial charge in [-0.2, -0.15) is 13.2 Å². The van der Waals surface area contributed by atoms with Crippen molar-refractivity contribution in [3.05, 3.63) is 11.5 Å². The van der Waals surface area contributed by atoms with Crippen molar-refractivity contribution in [2.75, 3.05) is 12.9 Å². The number of carboxylic acid groups (broad SMARTS) is 1. The fraction of sp³-hybridized carbons (Fsp3) is 0.692. The Balaban J connectivity index is 0. The van der Waals surface area contributed by atoms with Gasteiger partial charge in [-0.1, -0.05) is 19.9 Å². The largest absolute Gasteiger partial charge is 0.490 e. The number of carboxylic acids is 1. The van der Waals surface area contributed by atoms with Gasteiger partial charge in [0, 0.05) is 17.7 Å². The highest BCUT2D eigenvalue weighted by Crippen LogP contribution is 2.13. The summed E-state index contributed by atoms with van der Waals surface area (Å²) in [7, 11) is -3.23. The minimum atomic E-state index is -5.08.